The molecule has 22 heavy (non-hydrogen) atoms. The van der Waals surface area contributed by atoms with Crippen LogP contribution in [0.3, 0.4) is 0 Å². The fraction of sp³-hybridized carbons (Fsp3) is 0.684. The molecule has 0 aromatic heterocycles. The summed E-state index contributed by atoms with van der Waals surface area (Å²) in [6.07, 6.45) is 5.52. The Labute approximate surface area is 134 Å². The van der Waals surface area contributed by atoms with E-state index in [1.165, 1.54) is 76.1 Å². The molecule has 3 aliphatic rings. The van der Waals surface area contributed by atoms with E-state index >= 15 is 0 Å². The molecule has 120 valence electrons. The Morgan fingerprint density at radius 2 is 1.68 bits per heavy atom. The van der Waals surface area contributed by atoms with Crippen LogP contribution in [0.2, 0.25) is 0 Å². The van der Waals surface area contributed by atoms with E-state index in [2.05, 4.69) is 39.4 Å². The summed E-state index contributed by atoms with van der Waals surface area (Å²) in [5.41, 5.74) is 3.71. The number of hydrogen-bond acceptors (Lipinski definition) is 3. The van der Waals surface area contributed by atoms with E-state index in [9.17, 15) is 0 Å². The summed E-state index contributed by atoms with van der Waals surface area (Å²) in [7, 11) is 0. The molecular weight excluding hydrogens is 270 g/mol. The van der Waals surface area contributed by atoms with E-state index < -0.39 is 0 Å². The van der Waals surface area contributed by atoms with Crippen molar-refractivity contribution >= 4 is 0 Å². The SMILES string of the molecule is c1ccc2c(c1)CN(CCCCN1CCC3(CCNC3)C1)C2. The van der Waals surface area contributed by atoms with Gasteiger partial charge in [0.15, 0.2) is 0 Å². The third kappa shape index (κ3) is 3.08. The summed E-state index contributed by atoms with van der Waals surface area (Å²) in [4.78, 5) is 5.32. The molecule has 0 amide bonds. The lowest BCUT2D eigenvalue weighted by Gasteiger charge is -2.23. The standard InChI is InChI=1S/C19H29N3/c1-2-6-18-14-22(13-17(18)5-1)11-4-3-10-21-12-8-19(16-21)7-9-20-15-19/h1-2,5-6,20H,3-4,7-16H2. The van der Waals surface area contributed by atoms with Gasteiger partial charge in [0.2, 0.25) is 0 Å². The summed E-state index contributed by atoms with van der Waals surface area (Å²) < 4.78 is 0. The smallest absolute Gasteiger partial charge is 0.0240 e. The van der Waals surface area contributed by atoms with Crippen LogP contribution < -0.4 is 5.32 Å². The molecule has 4 rings (SSSR count). The summed E-state index contributed by atoms with van der Waals surface area (Å²) in [5, 5.41) is 3.56. The third-order valence-electron chi connectivity index (χ3n) is 5.95. The first-order valence-corrected chi connectivity index (χ1v) is 9.05. The van der Waals surface area contributed by atoms with Crippen LogP contribution in [0.1, 0.15) is 36.8 Å². The predicted molar refractivity (Wildman–Crippen MR) is 90.8 cm³/mol. The van der Waals surface area contributed by atoms with Gasteiger partial charge in [-0.05, 0) is 68.4 Å². The Balaban J connectivity index is 1.15. The molecule has 0 saturated carbocycles. The van der Waals surface area contributed by atoms with E-state index in [-0.39, 0.29) is 0 Å². The van der Waals surface area contributed by atoms with Gasteiger partial charge in [-0.3, -0.25) is 4.90 Å². The fourth-order valence-electron chi connectivity index (χ4n) is 4.60. The average molecular weight is 299 g/mol. The summed E-state index contributed by atoms with van der Waals surface area (Å²) in [5.74, 6) is 0. The minimum atomic E-state index is 0.636. The second-order valence-corrected chi connectivity index (χ2v) is 7.64. The van der Waals surface area contributed by atoms with Gasteiger partial charge in [0.05, 0.1) is 0 Å². The highest BCUT2D eigenvalue weighted by molar-refractivity contribution is 5.30. The Kier molecular flexibility index (Phi) is 4.21. The maximum atomic E-state index is 3.56. The van der Waals surface area contributed by atoms with Crippen molar-refractivity contribution in [2.24, 2.45) is 5.41 Å². The van der Waals surface area contributed by atoms with Crippen LogP contribution in [0, 0.1) is 5.41 Å². The zero-order chi connectivity index (χ0) is 14.8. The zero-order valence-electron chi connectivity index (χ0n) is 13.7. The minimum Gasteiger partial charge on any atom is -0.316 e. The number of rotatable bonds is 5. The van der Waals surface area contributed by atoms with Crippen molar-refractivity contribution in [3.8, 4) is 0 Å². The van der Waals surface area contributed by atoms with Crippen molar-refractivity contribution in [3.63, 3.8) is 0 Å². The lowest BCUT2D eigenvalue weighted by Crippen LogP contribution is -2.30. The van der Waals surface area contributed by atoms with Crippen molar-refractivity contribution < 1.29 is 0 Å². The molecule has 1 aromatic carbocycles. The van der Waals surface area contributed by atoms with E-state index in [1.54, 1.807) is 0 Å². The van der Waals surface area contributed by atoms with Gasteiger partial charge in [-0.25, -0.2) is 0 Å². The quantitative estimate of drug-likeness (QED) is 0.843. The van der Waals surface area contributed by atoms with E-state index in [0.29, 0.717) is 5.41 Å². The predicted octanol–water partition coefficient (Wildman–Crippen LogP) is 2.47. The number of hydrogen-bond donors (Lipinski definition) is 1. The molecule has 3 aliphatic heterocycles. The second-order valence-electron chi connectivity index (χ2n) is 7.64. The molecule has 3 heterocycles. The summed E-state index contributed by atoms with van der Waals surface area (Å²) >= 11 is 0. The Hall–Kier alpha value is -0.900. The Morgan fingerprint density at radius 3 is 2.36 bits per heavy atom. The van der Waals surface area contributed by atoms with Gasteiger partial charge in [0, 0.05) is 26.2 Å². The van der Waals surface area contributed by atoms with Crippen LogP contribution in [-0.2, 0) is 13.1 Å². The summed E-state index contributed by atoms with van der Waals surface area (Å²) in [6, 6.07) is 8.91. The van der Waals surface area contributed by atoms with E-state index in [0.717, 1.165) is 13.1 Å². The number of fused-ring (bicyclic) bond motifs is 1. The molecule has 1 unspecified atom stereocenters. The van der Waals surface area contributed by atoms with Crippen LogP contribution in [0.5, 0.6) is 0 Å². The molecule has 1 aromatic rings. The number of likely N-dealkylation sites (tertiary alicyclic amines) is 1. The lowest BCUT2D eigenvalue weighted by molar-refractivity contribution is 0.248. The molecule has 1 N–H and O–H groups in total. The van der Waals surface area contributed by atoms with Crippen LogP contribution in [0.25, 0.3) is 0 Å². The van der Waals surface area contributed by atoms with Gasteiger partial charge in [0.25, 0.3) is 0 Å². The largest absolute Gasteiger partial charge is 0.316 e. The normalized spacial score (nSPS) is 28.7. The number of nitrogens with one attached hydrogen (secondary N) is 1. The molecule has 1 atom stereocenters. The monoisotopic (exact) mass is 299 g/mol. The molecule has 0 aliphatic carbocycles. The molecular formula is C19H29N3. The highest BCUT2D eigenvalue weighted by Gasteiger charge is 2.39. The second kappa shape index (κ2) is 6.31. The molecule has 1 spiro atoms. The highest BCUT2D eigenvalue weighted by Crippen LogP contribution is 2.35. The van der Waals surface area contributed by atoms with Gasteiger partial charge in [0.1, 0.15) is 0 Å². The average Bonchev–Trinajstić information content (AvgIpc) is 3.25. The van der Waals surface area contributed by atoms with Crippen LogP contribution >= 0.6 is 0 Å². The van der Waals surface area contributed by atoms with Crippen molar-refractivity contribution in [2.75, 3.05) is 39.3 Å². The van der Waals surface area contributed by atoms with Gasteiger partial charge in [-0.1, -0.05) is 24.3 Å². The molecule has 2 fully saturated rings. The molecule has 3 heteroatoms. The molecule has 0 bridgehead atoms. The van der Waals surface area contributed by atoms with Gasteiger partial charge in [-0.15, -0.1) is 0 Å². The third-order valence-corrected chi connectivity index (χ3v) is 5.95. The first-order chi connectivity index (χ1) is 10.8. The number of unbranched alkanes of at least 4 members (excludes halogenated alkanes) is 1. The number of benzene rings is 1. The fourth-order valence-corrected chi connectivity index (χ4v) is 4.60. The van der Waals surface area contributed by atoms with Crippen LogP contribution in [0.4, 0.5) is 0 Å². The Bertz CT molecular complexity index is 482. The van der Waals surface area contributed by atoms with E-state index in [4.69, 9.17) is 0 Å². The minimum absolute atomic E-state index is 0.636. The van der Waals surface area contributed by atoms with Gasteiger partial charge in [-0.2, -0.15) is 0 Å². The summed E-state index contributed by atoms with van der Waals surface area (Å²) in [6.45, 7) is 10.1. The Morgan fingerprint density at radius 1 is 0.955 bits per heavy atom. The van der Waals surface area contributed by atoms with E-state index in [1.807, 2.05) is 0 Å². The first kappa shape index (κ1) is 14.7. The molecule has 3 nitrogen and oxygen atoms in total. The lowest BCUT2D eigenvalue weighted by atomic mass is 9.87. The maximum Gasteiger partial charge on any atom is 0.0240 e. The maximum absolute atomic E-state index is 3.56. The molecule has 0 radical (unpaired) electrons. The van der Waals surface area contributed by atoms with Crippen LogP contribution in [-0.4, -0.2) is 49.1 Å². The van der Waals surface area contributed by atoms with Crippen molar-refractivity contribution in [1.82, 2.24) is 15.1 Å². The number of nitrogens with zero attached hydrogens (tertiary/aromatic N) is 2. The van der Waals surface area contributed by atoms with Crippen molar-refractivity contribution in [2.45, 2.75) is 38.8 Å². The first-order valence-electron chi connectivity index (χ1n) is 9.05. The zero-order valence-corrected chi connectivity index (χ0v) is 13.7. The van der Waals surface area contributed by atoms with Crippen molar-refractivity contribution in [1.29, 1.82) is 0 Å². The van der Waals surface area contributed by atoms with Gasteiger partial charge < -0.3 is 10.2 Å². The van der Waals surface area contributed by atoms with Crippen LogP contribution in [0.15, 0.2) is 24.3 Å². The van der Waals surface area contributed by atoms with Crippen molar-refractivity contribution in [3.05, 3.63) is 35.4 Å². The van der Waals surface area contributed by atoms with Gasteiger partial charge >= 0.3 is 0 Å². The molecule has 2 saturated heterocycles. The highest BCUT2D eigenvalue weighted by atomic mass is 15.2. The topological polar surface area (TPSA) is 18.5 Å².